The number of aryl methyl sites for hydroxylation is 1. The van der Waals surface area contributed by atoms with E-state index in [2.05, 4.69) is 0 Å². The Kier molecular flexibility index (Phi) is 5.68. The van der Waals surface area contributed by atoms with Gasteiger partial charge in [-0.05, 0) is 57.4 Å². The van der Waals surface area contributed by atoms with Gasteiger partial charge >= 0.3 is 0 Å². The van der Waals surface area contributed by atoms with Crippen molar-refractivity contribution in [3.05, 3.63) is 23.8 Å². The van der Waals surface area contributed by atoms with E-state index in [-0.39, 0.29) is 12.1 Å². The summed E-state index contributed by atoms with van der Waals surface area (Å²) < 4.78 is 44.9. The summed E-state index contributed by atoms with van der Waals surface area (Å²) in [4.78, 5) is 0.297. The Morgan fingerprint density at radius 1 is 1.20 bits per heavy atom. The van der Waals surface area contributed by atoms with E-state index in [1.165, 1.54) is 0 Å². The summed E-state index contributed by atoms with van der Waals surface area (Å²) in [6.45, 7) is 7.31. The van der Waals surface area contributed by atoms with Crippen molar-refractivity contribution < 1.29 is 22.6 Å². The molecule has 2 aliphatic heterocycles. The van der Waals surface area contributed by atoms with Crippen LogP contribution in [-0.2, 0) is 19.5 Å². The van der Waals surface area contributed by atoms with Gasteiger partial charge < -0.3 is 14.2 Å². The highest BCUT2D eigenvalue weighted by Crippen LogP contribution is 2.31. The van der Waals surface area contributed by atoms with Crippen molar-refractivity contribution in [2.45, 2.75) is 63.4 Å². The maximum absolute atomic E-state index is 13.2. The minimum Gasteiger partial charge on any atom is -0.491 e. The summed E-state index contributed by atoms with van der Waals surface area (Å²) in [6, 6.07) is 4.80. The van der Waals surface area contributed by atoms with Crippen molar-refractivity contribution in [1.82, 2.24) is 4.31 Å². The molecule has 1 atom stereocenters. The number of nitrogens with zero attached hydrogens (tertiary/aromatic N) is 1. The molecule has 1 aromatic carbocycles. The summed E-state index contributed by atoms with van der Waals surface area (Å²) in [5.74, 6) is 0.714. The SMILES string of the molecule is Cc1cc(S(=O)(=O)N2CCCCC2C2OCCO2)ccc1OC(C)C. The van der Waals surface area contributed by atoms with Crippen molar-refractivity contribution in [3.63, 3.8) is 0 Å². The van der Waals surface area contributed by atoms with E-state index in [0.717, 1.165) is 24.8 Å². The van der Waals surface area contributed by atoms with Crippen LogP contribution in [0.3, 0.4) is 0 Å². The molecule has 2 aliphatic rings. The van der Waals surface area contributed by atoms with Crippen LogP contribution < -0.4 is 4.74 Å². The first-order valence-electron chi connectivity index (χ1n) is 8.92. The van der Waals surface area contributed by atoms with E-state index < -0.39 is 16.3 Å². The fourth-order valence-corrected chi connectivity index (χ4v) is 5.17. The second kappa shape index (κ2) is 7.61. The van der Waals surface area contributed by atoms with Crippen molar-refractivity contribution in [2.24, 2.45) is 0 Å². The van der Waals surface area contributed by atoms with E-state index in [1.807, 2.05) is 20.8 Å². The Morgan fingerprint density at radius 3 is 2.56 bits per heavy atom. The Bertz CT molecular complexity index is 697. The van der Waals surface area contributed by atoms with Crippen LogP contribution in [0.5, 0.6) is 5.75 Å². The quantitative estimate of drug-likeness (QED) is 0.798. The lowest BCUT2D eigenvalue weighted by Crippen LogP contribution is -2.50. The maximum Gasteiger partial charge on any atom is 0.243 e. The third-order valence-corrected chi connectivity index (χ3v) is 6.50. The van der Waals surface area contributed by atoms with Gasteiger partial charge in [-0.2, -0.15) is 4.31 Å². The molecule has 2 fully saturated rings. The molecule has 2 heterocycles. The topological polar surface area (TPSA) is 65.1 Å². The van der Waals surface area contributed by atoms with Gasteiger partial charge in [0.15, 0.2) is 6.29 Å². The molecular weight excluding hydrogens is 342 g/mol. The zero-order valence-electron chi connectivity index (χ0n) is 15.1. The van der Waals surface area contributed by atoms with Gasteiger partial charge in [0.2, 0.25) is 10.0 Å². The first-order valence-corrected chi connectivity index (χ1v) is 10.4. The monoisotopic (exact) mass is 369 g/mol. The van der Waals surface area contributed by atoms with E-state index in [0.29, 0.717) is 30.4 Å². The van der Waals surface area contributed by atoms with Gasteiger partial charge in [-0.1, -0.05) is 6.42 Å². The van der Waals surface area contributed by atoms with Gasteiger partial charge in [0, 0.05) is 6.54 Å². The molecule has 1 aromatic rings. The molecule has 0 N–H and O–H groups in total. The second-order valence-corrected chi connectivity index (χ2v) is 8.77. The van der Waals surface area contributed by atoms with Gasteiger partial charge in [0.1, 0.15) is 5.75 Å². The van der Waals surface area contributed by atoms with Gasteiger partial charge in [-0.15, -0.1) is 0 Å². The average molecular weight is 369 g/mol. The number of benzene rings is 1. The lowest BCUT2D eigenvalue weighted by Gasteiger charge is -2.36. The molecule has 2 saturated heterocycles. The lowest BCUT2D eigenvalue weighted by molar-refractivity contribution is -0.0913. The van der Waals surface area contributed by atoms with E-state index in [1.54, 1.807) is 22.5 Å². The van der Waals surface area contributed by atoms with Gasteiger partial charge in [0.25, 0.3) is 0 Å². The second-order valence-electron chi connectivity index (χ2n) is 6.88. The molecule has 7 heteroatoms. The number of hydrogen-bond acceptors (Lipinski definition) is 5. The van der Waals surface area contributed by atoms with Crippen LogP contribution in [0.2, 0.25) is 0 Å². The highest BCUT2D eigenvalue weighted by Gasteiger charge is 2.40. The predicted octanol–water partition coefficient (Wildman–Crippen LogP) is 2.70. The molecule has 1 unspecified atom stereocenters. The molecule has 0 amide bonds. The molecule has 25 heavy (non-hydrogen) atoms. The summed E-state index contributed by atoms with van der Waals surface area (Å²) in [7, 11) is -3.60. The number of hydrogen-bond donors (Lipinski definition) is 0. The third kappa shape index (κ3) is 4.00. The normalized spacial score (nSPS) is 23.3. The Morgan fingerprint density at radius 2 is 1.92 bits per heavy atom. The summed E-state index contributed by atoms with van der Waals surface area (Å²) in [5, 5.41) is 0. The first kappa shape index (κ1) is 18.6. The molecule has 0 saturated carbocycles. The highest BCUT2D eigenvalue weighted by atomic mass is 32.2. The van der Waals surface area contributed by atoms with Crippen LogP contribution in [0, 0.1) is 6.92 Å². The van der Waals surface area contributed by atoms with Crippen LogP contribution >= 0.6 is 0 Å². The standard InChI is InChI=1S/C18H27NO5S/c1-13(2)24-17-8-7-15(12-14(17)3)25(20,21)19-9-5-4-6-16(19)18-22-10-11-23-18/h7-8,12-13,16,18H,4-6,9-11H2,1-3H3. The van der Waals surface area contributed by atoms with Crippen LogP contribution in [0.15, 0.2) is 23.1 Å². The molecule has 6 nitrogen and oxygen atoms in total. The fourth-order valence-electron chi connectivity index (χ4n) is 3.40. The summed E-state index contributed by atoms with van der Waals surface area (Å²) in [6.07, 6.45) is 2.19. The minimum absolute atomic E-state index is 0.0456. The van der Waals surface area contributed by atoms with E-state index in [4.69, 9.17) is 14.2 Å². The molecular formula is C18H27NO5S. The van der Waals surface area contributed by atoms with E-state index in [9.17, 15) is 8.42 Å². The van der Waals surface area contributed by atoms with Crippen LogP contribution in [0.4, 0.5) is 0 Å². The Hall–Kier alpha value is -1.15. The molecule has 0 bridgehead atoms. The number of rotatable bonds is 5. The van der Waals surface area contributed by atoms with Crippen molar-refractivity contribution in [2.75, 3.05) is 19.8 Å². The molecule has 0 aromatic heterocycles. The summed E-state index contributed by atoms with van der Waals surface area (Å²) >= 11 is 0. The number of ether oxygens (including phenoxy) is 3. The summed E-state index contributed by atoms with van der Waals surface area (Å²) in [5.41, 5.74) is 0.816. The molecule has 0 spiro atoms. The average Bonchev–Trinajstić information content (AvgIpc) is 3.10. The van der Waals surface area contributed by atoms with Crippen molar-refractivity contribution in [1.29, 1.82) is 0 Å². The van der Waals surface area contributed by atoms with Gasteiger partial charge in [0.05, 0.1) is 30.3 Å². The zero-order chi connectivity index (χ0) is 18.0. The zero-order valence-corrected chi connectivity index (χ0v) is 15.9. The highest BCUT2D eigenvalue weighted by molar-refractivity contribution is 7.89. The molecule has 140 valence electrons. The largest absolute Gasteiger partial charge is 0.491 e. The van der Waals surface area contributed by atoms with Crippen molar-refractivity contribution >= 4 is 10.0 Å². The maximum atomic E-state index is 13.2. The number of sulfonamides is 1. The molecule has 3 rings (SSSR count). The van der Waals surface area contributed by atoms with Crippen LogP contribution in [-0.4, -0.2) is 50.9 Å². The fraction of sp³-hybridized carbons (Fsp3) is 0.667. The van der Waals surface area contributed by atoms with Gasteiger partial charge in [-0.3, -0.25) is 0 Å². The Balaban J connectivity index is 1.87. The van der Waals surface area contributed by atoms with Crippen LogP contribution in [0.25, 0.3) is 0 Å². The van der Waals surface area contributed by atoms with Crippen molar-refractivity contribution in [3.8, 4) is 5.75 Å². The first-order chi connectivity index (χ1) is 11.9. The predicted molar refractivity (Wildman–Crippen MR) is 94.2 cm³/mol. The molecule has 0 radical (unpaired) electrons. The third-order valence-electron chi connectivity index (χ3n) is 4.58. The van der Waals surface area contributed by atoms with Crippen LogP contribution in [0.1, 0.15) is 38.7 Å². The van der Waals surface area contributed by atoms with Gasteiger partial charge in [-0.25, -0.2) is 8.42 Å². The number of piperidine rings is 1. The smallest absolute Gasteiger partial charge is 0.243 e. The Labute approximate surface area is 150 Å². The molecule has 0 aliphatic carbocycles. The minimum atomic E-state index is -3.60. The lowest BCUT2D eigenvalue weighted by atomic mass is 10.0. The van der Waals surface area contributed by atoms with E-state index >= 15 is 0 Å².